The number of carbonyl (C=O) groups is 1. The van der Waals surface area contributed by atoms with Gasteiger partial charge in [0, 0.05) is 6.20 Å². The fraction of sp³-hybridized carbons (Fsp3) is 0.273. The topological polar surface area (TPSA) is 66.8 Å². The molecular weight excluding hydrogens is 226 g/mol. The Kier molecular flexibility index (Phi) is 3.13. The lowest BCUT2D eigenvalue weighted by atomic mass is 10.3. The number of rotatable bonds is 3. The smallest absolute Gasteiger partial charge is 0.343 e. The minimum absolute atomic E-state index is 0.0130. The average molecular weight is 237 g/mol. The van der Waals surface area contributed by atoms with E-state index in [-0.39, 0.29) is 12.1 Å². The van der Waals surface area contributed by atoms with E-state index in [9.17, 15) is 9.59 Å². The Hall–Kier alpha value is -2.24. The van der Waals surface area contributed by atoms with E-state index in [2.05, 4.69) is 4.74 Å². The molecule has 0 fully saturated rings. The molecule has 0 unspecified atom stereocenters. The van der Waals surface area contributed by atoms with Crippen molar-refractivity contribution in [3.8, 4) is 0 Å². The quantitative estimate of drug-likeness (QED) is 0.715. The summed E-state index contributed by atoms with van der Waals surface area (Å²) in [6, 6.07) is 3.01. The summed E-state index contributed by atoms with van der Waals surface area (Å²) in [6.45, 7) is 0.205. The highest BCUT2D eigenvalue weighted by molar-refractivity contribution is 5.88. The van der Waals surface area contributed by atoms with Gasteiger partial charge in [0.2, 0.25) is 0 Å². The molecule has 0 saturated carbocycles. The third kappa shape index (κ3) is 2.30. The zero-order chi connectivity index (χ0) is 12.3. The van der Waals surface area contributed by atoms with Crippen LogP contribution in [0.2, 0.25) is 0 Å². The summed E-state index contributed by atoms with van der Waals surface area (Å²) < 4.78 is 16.0. The van der Waals surface area contributed by atoms with Crippen LogP contribution < -0.4 is 5.56 Å². The molecule has 90 valence electrons. The molecule has 0 atom stereocenters. The van der Waals surface area contributed by atoms with E-state index in [1.54, 1.807) is 12.3 Å². The largest absolute Gasteiger partial charge is 0.465 e. The molecule has 2 heterocycles. The summed E-state index contributed by atoms with van der Waals surface area (Å²) in [5, 5.41) is 0. The number of ether oxygens (including phenoxy) is 3. The van der Waals surface area contributed by atoms with Crippen LogP contribution in [0.5, 0.6) is 0 Å². The molecule has 2 rings (SSSR count). The van der Waals surface area contributed by atoms with Gasteiger partial charge < -0.3 is 18.8 Å². The third-order valence-corrected chi connectivity index (χ3v) is 2.29. The minimum Gasteiger partial charge on any atom is -0.465 e. The third-order valence-electron chi connectivity index (χ3n) is 2.29. The van der Waals surface area contributed by atoms with Crippen LogP contribution in [0.15, 0.2) is 35.6 Å². The van der Waals surface area contributed by atoms with Crippen LogP contribution in [0.25, 0.3) is 0 Å². The van der Waals surface area contributed by atoms with E-state index in [1.807, 2.05) is 0 Å². The van der Waals surface area contributed by atoms with Crippen molar-refractivity contribution in [3.63, 3.8) is 0 Å². The Balaban J connectivity index is 2.23. The second-order valence-electron chi connectivity index (χ2n) is 3.34. The first-order chi connectivity index (χ1) is 8.22. The van der Waals surface area contributed by atoms with Crippen LogP contribution in [0, 0.1) is 0 Å². The van der Waals surface area contributed by atoms with E-state index in [4.69, 9.17) is 9.47 Å². The van der Waals surface area contributed by atoms with Crippen molar-refractivity contribution in [1.82, 2.24) is 4.57 Å². The first kappa shape index (κ1) is 11.3. The van der Waals surface area contributed by atoms with E-state index in [0.29, 0.717) is 0 Å². The van der Waals surface area contributed by atoms with Crippen LogP contribution in [0.3, 0.4) is 0 Å². The molecule has 0 saturated heterocycles. The molecule has 6 heteroatoms. The van der Waals surface area contributed by atoms with E-state index in [0.717, 1.165) is 0 Å². The van der Waals surface area contributed by atoms with Crippen LogP contribution in [0.4, 0.5) is 0 Å². The number of nitrogens with zero attached hydrogens (tertiary/aromatic N) is 1. The van der Waals surface area contributed by atoms with Crippen LogP contribution in [-0.4, -0.2) is 23.9 Å². The van der Waals surface area contributed by atoms with Gasteiger partial charge in [0.15, 0.2) is 0 Å². The number of carbonyl (C=O) groups excluding carboxylic acids is 1. The number of pyridine rings is 1. The molecule has 17 heavy (non-hydrogen) atoms. The molecule has 0 bridgehead atoms. The lowest BCUT2D eigenvalue weighted by Gasteiger charge is -2.12. The Bertz CT molecular complexity index is 497. The predicted octanol–water partition coefficient (Wildman–Crippen LogP) is 0.479. The number of aromatic nitrogens is 1. The van der Waals surface area contributed by atoms with Gasteiger partial charge in [-0.1, -0.05) is 0 Å². The van der Waals surface area contributed by atoms with Gasteiger partial charge in [-0.2, -0.15) is 0 Å². The number of hydrogen-bond acceptors (Lipinski definition) is 5. The van der Waals surface area contributed by atoms with E-state index >= 15 is 0 Å². The van der Waals surface area contributed by atoms with E-state index in [1.165, 1.54) is 30.3 Å². The molecule has 0 spiro atoms. The van der Waals surface area contributed by atoms with Crippen LogP contribution in [0.1, 0.15) is 10.4 Å². The summed E-state index contributed by atoms with van der Waals surface area (Å²) in [7, 11) is 1.23. The minimum atomic E-state index is -0.657. The molecule has 1 aliphatic heterocycles. The molecule has 0 radical (unpaired) electrons. The Labute approximate surface area is 97.0 Å². The van der Waals surface area contributed by atoms with Crippen molar-refractivity contribution < 1.29 is 19.0 Å². The summed E-state index contributed by atoms with van der Waals surface area (Å²) in [4.78, 5) is 23.2. The normalized spacial score (nSPS) is 14.2. The molecule has 1 aromatic heterocycles. The van der Waals surface area contributed by atoms with Gasteiger partial charge in [0.05, 0.1) is 13.7 Å². The fourth-order valence-corrected chi connectivity index (χ4v) is 1.46. The molecular formula is C11H11NO5. The van der Waals surface area contributed by atoms with Crippen molar-refractivity contribution in [1.29, 1.82) is 0 Å². The predicted molar refractivity (Wildman–Crippen MR) is 57.1 cm³/mol. The van der Waals surface area contributed by atoms with Gasteiger partial charge in [-0.3, -0.25) is 4.79 Å². The zero-order valence-corrected chi connectivity index (χ0v) is 9.16. The van der Waals surface area contributed by atoms with Crippen molar-refractivity contribution >= 4 is 5.97 Å². The second kappa shape index (κ2) is 4.73. The highest BCUT2D eigenvalue weighted by Crippen LogP contribution is 2.07. The van der Waals surface area contributed by atoms with Crippen LogP contribution >= 0.6 is 0 Å². The summed E-state index contributed by atoms with van der Waals surface area (Å²) in [5.41, 5.74) is -0.445. The van der Waals surface area contributed by atoms with Gasteiger partial charge in [-0.15, -0.1) is 0 Å². The number of esters is 1. The van der Waals surface area contributed by atoms with Crippen molar-refractivity contribution in [2.45, 2.75) is 12.8 Å². The molecule has 1 aromatic rings. The van der Waals surface area contributed by atoms with Crippen molar-refractivity contribution in [2.75, 3.05) is 7.11 Å². The van der Waals surface area contributed by atoms with Crippen molar-refractivity contribution in [3.05, 3.63) is 46.8 Å². The Morgan fingerprint density at radius 2 is 2.18 bits per heavy atom. The monoisotopic (exact) mass is 237 g/mol. The van der Waals surface area contributed by atoms with Crippen LogP contribution in [-0.2, 0) is 20.8 Å². The molecule has 0 aliphatic carbocycles. The highest BCUT2D eigenvalue weighted by atomic mass is 16.7. The van der Waals surface area contributed by atoms with Gasteiger partial charge >= 0.3 is 5.97 Å². The maximum Gasteiger partial charge on any atom is 0.343 e. The Morgan fingerprint density at radius 1 is 1.47 bits per heavy atom. The maximum atomic E-state index is 11.9. The molecule has 0 amide bonds. The average Bonchev–Trinajstić information content (AvgIpc) is 2.84. The first-order valence-corrected chi connectivity index (χ1v) is 4.96. The second-order valence-corrected chi connectivity index (χ2v) is 3.34. The van der Waals surface area contributed by atoms with Gasteiger partial charge in [0.25, 0.3) is 11.8 Å². The summed E-state index contributed by atoms with van der Waals surface area (Å²) in [6.07, 6.45) is 3.82. The molecule has 1 aliphatic rings. The SMILES string of the molecule is COC(=O)c1cccn(CC2OC=CO2)c1=O. The Morgan fingerprint density at radius 3 is 2.82 bits per heavy atom. The highest BCUT2D eigenvalue weighted by Gasteiger charge is 2.17. The molecule has 0 aromatic carbocycles. The maximum absolute atomic E-state index is 11.9. The number of methoxy groups -OCH3 is 1. The number of hydrogen-bond donors (Lipinski definition) is 0. The first-order valence-electron chi connectivity index (χ1n) is 4.96. The molecule has 6 nitrogen and oxygen atoms in total. The standard InChI is InChI=1S/C11H11NO5/c1-15-11(14)8-3-2-4-12(10(8)13)7-9-16-5-6-17-9/h2-6,9H,7H2,1H3. The van der Waals surface area contributed by atoms with Gasteiger partial charge in [0.1, 0.15) is 18.1 Å². The summed E-state index contributed by atoms with van der Waals surface area (Å²) in [5.74, 6) is -0.657. The molecule has 0 N–H and O–H groups in total. The lowest BCUT2D eigenvalue weighted by molar-refractivity contribution is -0.0349. The van der Waals surface area contributed by atoms with Gasteiger partial charge in [-0.05, 0) is 12.1 Å². The van der Waals surface area contributed by atoms with E-state index < -0.39 is 17.8 Å². The lowest BCUT2D eigenvalue weighted by Crippen LogP contribution is -2.30. The van der Waals surface area contributed by atoms with Crippen molar-refractivity contribution in [2.24, 2.45) is 0 Å². The summed E-state index contributed by atoms with van der Waals surface area (Å²) >= 11 is 0. The fourth-order valence-electron chi connectivity index (χ4n) is 1.46. The van der Waals surface area contributed by atoms with Gasteiger partial charge in [-0.25, -0.2) is 4.79 Å². The zero-order valence-electron chi connectivity index (χ0n) is 9.16.